The van der Waals surface area contributed by atoms with Crippen molar-refractivity contribution >= 4 is 11.6 Å². The van der Waals surface area contributed by atoms with Gasteiger partial charge in [0, 0.05) is 19.6 Å². The van der Waals surface area contributed by atoms with Crippen molar-refractivity contribution in [3.05, 3.63) is 28.8 Å². The number of benzene rings is 1. The Balaban J connectivity index is 1.65. The highest BCUT2D eigenvalue weighted by molar-refractivity contribution is 6.32. The van der Waals surface area contributed by atoms with Gasteiger partial charge in [0.15, 0.2) is 0 Å². The Labute approximate surface area is 106 Å². The van der Waals surface area contributed by atoms with Gasteiger partial charge in [0.2, 0.25) is 0 Å². The lowest BCUT2D eigenvalue weighted by molar-refractivity contribution is 0.305. The highest BCUT2D eigenvalue weighted by Gasteiger charge is 2.35. The lowest BCUT2D eigenvalue weighted by Gasteiger charge is -2.17. The summed E-state index contributed by atoms with van der Waals surface area (Å²) in [6.45, 7) is 5.62. The molecule has 17 heavy (non-hydrogen) atoms. The number of hydrogen-bond acceptors (Lipinski definition) is 3. The maximum Gasteiger partial charge on any atom is 0.134 e. The van der Waals surface area contributed by atoms with Crippen molar-refractivity contribution in [2.24, 2.45) is 11.8 Å². The van der Waals surface area contributed by atoms with Crippen LogP contribution >= 0.6 is 11.6 Å². The SMILES string of the molecule is Oc1ccc(CN2CC3CNCC3C2)cc1Cl. The van der Waals surface area contributed by atoms with Gasteiger partial charge in [-0.15, -0.1) is 0 Å². The predicted molar refractivity (Wildman–Crippen MR) is 68.2 cm³/mol. The highest BCUT2D eigenvalue weighted by Crippen LogP contribution is 2.29. The summed E-state index contributed by atoms with van der Waals surface area (Å²) in [4.78, 5) is 2.49. The Morgan fingerprint density at radius 1 is 1.29 bits per heavy atom. The van der Waals surface area contributed by atoms with Gasteiger partial charge in [-0.1, -0.05) is 17.7 Å². The molecule has 2 heterocycles. The predicted octanol–water partition coefficient (Wildman–Crippen LogP) is 1.70. The number of likely N-dealkylation sites (tertiary alicyclic amines) is 1. The topological polar surface area (TPSA) is 35.5 Å². The summed E-state index contributed by atoms with van der Waals surface area (Å²) in [7, 11) is 0. The molecule has 4 heteroatoms. The fourth-order valence-corrected chi connectivity index (χ4v) is 3.19. The van der Waals surface area contributed by atoms with Gasteiger partial charge < -0.3 is 10.4 Å². The lowest BCUT2D eigenvalue weighted by atomic mass is 10.0. The molecule has 2 N–H and O–H groups in total. The van der Waals surface area contributed by atoms with E-state index < -0.39 is 0 Å². The molecule has 92 valence electrons. The molecule has 3 rings (SSSR count). The average molecular weight is 253 g/mol. The van der Waals surface area contributed by atoms with Crippen molar-refractivity contribution in [1.29, 1.82) is 0 Å². The maximum absolute atomic E-state index is 9.38. The van der Waals surface area contributed by atoms with Gasteiger partial charge in [-0.25, -0.2) is 0 Å². The van der Waals surface area contributed by atoms with E-state index in [1.807, 2.05) is 12.1 Å². The van der Waals surface area contributed by atoms with Crippen molar-refractivity contribution in [3.8, 4) is 5.75 Å². The van der Waals surface area contributed by atoms with Crippen molar-refractivity contribution in [3.63, 3.8) is 0 Å². The number of fused-ring (bicyclic) bond motifs is 1. The number of phenols is 1. The summed E-state index contributed by atoms with van der Waals surface area (Å²) in [5.74, 6) is 1.81. The van der Waals surface area contributed by atoms with Crippen LogP contribution in [0.3, 0.4) is 0 Å². The summed E-state index contributed by atoms with van der Waals surface area (Å²) in [6, 6.07) is 5.49. The molecule has 2 aliphatic rings. The molecule has 1 aromatic rings. The van der Waals surface area contributed by atoms with Gasteiger partial charge in [0.25, 0.3) is 0 Å². The molecule has 2 unspecified atom stereocenters. The number of nitrogens with zero attached hydrogens (tertiary/aromatic N) is 1. The smallest absolute Gasteiger partial charge is 0.134 e. The van der Waals surface area contributed by atoms with Crippen LogP contribution in [0, 0.1) is 11.8 Å². The maximum atomic E-state index is 9.38. The highest BCUT2D eigenvalue weighted by atomic mass is 35.5. The summed E-state index contributed by atoms with van der Waals surface area (Å²) >= 11 is 5.92. The number of phenolic OH excluding ortho intramolecular Hbond substituents is 1. The molecule has 0 spiro atoms. The van der Waals surface area contributed by atoms with Crippen LogP contribution in [-0.2, 0) is 6.54 Å². The summed E-state index contributed by atoms with van der Waals surface area (Å²) in [5.41, 5.74) is 1.18. The van der Waals surface area contributed by atoms with Crippen LogP contribution in [0.2, 0.25) is 5.02 Å². The van der Waals surface area contributed by atoms with Crippen LogP contribution in [0.1, 0.15) is 5.56 Å². The molecule has 2 fully saturated rings. The zero-order chi connectivity index (χ0) is 11.8. The van der Waals surface area contributed by atoms with Gasteiger partial charge in [0.05, 0.1) is 5.02 Å². The van der Waals surface area contributed by atoms with E-state index in [4.69, 9.17) is 11.6 Å². The molecule has 0 radical (unpaired) electrons. The van der Waals surface area contributed by atoms with E-state index in [0.29, 0.717) is 5.02 Å². The first-order valence-corrected chi connectivity index (χ1v) is 6.50. The van der Waals surface area contributed by atoms with Gasteiger partial charge in [-0.3, -0.25) is 4.90 Å². The minimum atomic E-state index is 0.165. The van der Waals surface area contributed by atoms with Gasteiger partial charge in [-0.05, 0) is 42.6 Å². The van der Waals surface area contributed by atoms with E-state index >= 15 is 0 Å². The second kappa shape index (κ2) is 4.48. The molecule has 3 nitrogen and oxygen atoms in total. The fourth-order valence-electron chi connectivity index (χ4n) is 2.99. The summed E-state index contributed by atoms with van der Waals surface area (Å²) in [6.07, 6.45) is 0. The summed E-state index contributed by atoms with van der Waals surface area (Å²) in [5, 5.41) is 13.3. The first-order chi connectivity index (χ1) is 8.22. The van der Waals surface area contributed by atoms with Crippen molar-refractivity contribution in [2.75, 3.05) is 26.2 Å². The molecular weight excluding hydrogens is 236 g/mol. The van der Waals surface area contributed by atoms with Crippen LogP contribution in [0.15, 0.2) is 18.2 Å². The number of aromatic hydroxyl groups is 1. The number of rotatable bonds is 2. The zero-order valence-corrected chi connectivity index (χ0v) is 10.5. The minimum absolute atomic E-state index is 0.165. The second-order valence-corrected chi connectivity index (χ2v) is 5.57. The third kappa shape index (κ3) is 2.28. The molecule has 2 saturated heterocycles. The molecule has 0 bridgehead atoms. The van der Waals surface area contributed by atoms with E-state index in [9.17, 15) is 5.11 Å². The van der Waals surface area contributed by atoms with Crippen LogP contribution in [0.4, 0.5) is 0 Å². The number of nitrogens with one attached hydrogen (secondary N) is 1. The van der Waals surface area contributed by atoms with Gasteiger partial charge in [0.1, 0.15) is 5.75 Å². The average Bonchev–Trinajstić information content (AvgIpc) is 2.84. The normalized spacial score (nSPS) is 28.5. The Morgan fingerprint density at radius 3 is 2.65 bits per heavy atom. The van der Waals surface area contributed by atoms with Gasteiger partial charge >= 0.3 is 0 Å². The molecular formula is C13H17ClN2O. The monoisotopic (exact) mass is 252 g/mol. The van der Waals surface area contributed by atoms with Crippen molar-refractivity contribution in [2.45, 2.75) is 6.54 Å². The van der Waals surface area contributed by atoms with Crippen LogP contribution < -0.4 is 5.32 Å². The van der Waals surface area contributed by atoms with Crippen LogP contribution in [-0.4, -0.2) is 36.2 Å². The first-order valence-electron chi connectivity index (χ1n) is 6.13. The quantitative estimate of drug-likeness (QED) is 0.841. The van der Waals surface area contributed by atoms with Crippen LogP contribution in [0.5, 0.6) is 5.75 Å². The lowest BCUT2D eigenvalue weighted by Crippen LogP contribution is -2.25. The van der Waals surface area contributed by atoms with Crippen LogP contribution in [0.25, 0.3) is 0 Å². The molecule has 2 atom stereocenters. The van der Waals surface area contributed by atoms with E-state index in [1.54, 1.807) is 6.07 Å². The molecule has 2 aliphatic heterocycles. The van der Waals surface area contributed by atoms with Crippen molar-refractivity contribution < 1.29 is 5.11 Å². The Morgan fingerprint density at radius 2 is 2.00 bits per heavy atom. The number of hydrogen-bond donors (Lipinski definition) is 2. The Bertz CT molecular complexity index is 412. The van der Waals surface area contributed by atoms with E-state index in [2.05, 4.69) is 10.2 Å². The van der Waals surface area contributed by atoms with Crippen molar-refractivity contribution in [1.82, 2.24) is 10.2 Å². The molecule has 0 aromatic heterocycles. The van der Waals surface area contributed by atoms with Gasteiger partial charge in [-0.2, -0.15) is 0 Å². The molecule has 1 aromatic carbocycles. The minimum Gasteiger partial charge on any atom is -0.506 e. The van der Waals surface area contributed by atoms with E-state index in [0.717, 1.165) is 31.5 Å². The Kier molecular flexibility index (Phi) is 2.99. The molecule has 0 saturated carbocycles. The number of halogens is 1. The molecule has 0 aliphatic carbocycles. The zero-order valence-electron chi connectivity index (χ0n) is 9.69. The Hall–Kier alpha value is -0.770. The second-order valence-electron chi connectivity index (χ2n) is 5.16. The third-order valence-corrected chi connectivity index (χ3v) is 4.19. The molecule has 0 amide bonds. The van der Waals surface area contributed by atoms with E-state index in [1.165, 1.54) is 18.7 Å². The first kappa shape index (κ1) is 11.3. The largest absolute Gasteiger partial charge is 0.506 e. The fraction of sp³-hybridized carbons (Fsp3) is 0.538. The summed E-state index contributed by atoms with van der Waals surface area (Å²) < 4.78 is 0. The van der Waals surface area contributed by atoms with E-state index in [-0.39, 0.29) is 5.75 Å². The standard InChI is InChI=1S/C13H17ClN2O/c14-12-3-9(1-2-13(12)17)6-16-7-10-4-15-5-11(10)8-16/h1-3,10-11,15,17H,4-8H2. The third-order valence-electron chi connectivity index (χ3n) is 3.88.